The number of rotatable bonds is 7. The number of benzene rings is 1. The third-order valence-electron chi connectivity index (χ3n) is 4.02. The topological polar surface area (TPSA) is 55.8 Å². The Bertz CT molecular complexity index is 762. The van der Waals surface area contributed by atoms with E-state index in [1.807, 2.05) is 13.8 Å². The van der Waals surface area contributed by atoms with Crippen LogP contribution in [0.5, 0.6) is 11.5 Å². The number of hydrogen-bond donors (Lipinski definition) is 0. The first-order valence-electron chi connectivity index (χ1n) is 8.26. The zero-order valence-electron chi connectivity index (χ0n) is 15.2. The fourth-order valence-corrected chi connectivity index (χ4v) is 3.49. The van der Waals surface area contributed by atoms with Crippen LogP contribution in [0.15, 0.2) is 29.7 Å². The summed E-state index contributed by atoms with van der Waals surface area (Å²) in [6.07, 6.45) is 4.00. The van der Waals surface area contributed by atoms with Gasteiger partial charge in [-0.1, -0.05) is 24.6 Å². The maximum atomic E-state index is 12.5. The second-order valence-electron chi connectivity index (χ2n) is 5.90. The Hall–Kier alpha value is -1.92. The van der Waals surface area contributed by atoms with Crippen LogP contribution in [0.3, 0.4) is 0 Å². The summed E-state index contributed by atoms with van der Waals surface area (Å²) >= 11 is 7.24. The zero-order chi connectivity index (χ0) is 19.4. The minimum atomic E-state index is -0.363. The highest BCUT2D eigenvalue weighted by Gasteiger charge is 2.37. The molecular weight excluding hydrogens is 374 g/mol. The summed E-state index contributed by atoms with van der Waals surface area (Å²) in [5.74, 6) is 0.596. The Labute approximate surface area is 163 Å². The lowest BCUT2D eigenvalue weighted by atomic mass is 10.1. The summed E-state index contributed by atoms with van der Waals surface area (Å²) in [6.45, 7) is 9.34. The minimum absolute atomic E-state index is 0.0101. The quantitative estimate of drug-likeness (QED) is 0.472. The lowest BCUT2D eigenvalue weighted by Gasteiger charge is -2.18. The van der Waals surface area contributed by atoms with Crippen LogP contribution >= 0.6 is 23.4 Å². The first-order valence-corrected chi connectivity index (χ1v) is 9.45. The molecule has 0 bridgehead atoms. The standard InChI is InChI=1S/C19H22ClNO4S/c1-6-11(3)21-18(22)16(26-19(21)23)10-13-8-14(20)17(15(9-13)24-5)25-12(4)7-2/h6,8-12H,1,7H2,2-5H3/b16-10-. The molecule has 26 heavy (non-hydrogen) atoms. The summed E-state index contributed by atoms with van der Waals surface area (Å²) in [5, 5.41) is 0.0676. The van der Waals surface area contributed by atoms with Gasteiger partial charge in [0, 0.05) is 0 Å². The summed E-state index contributed by atoms with van der Waals surface area (Å²) in [4.78, 5) is 26.1. The first kappa shape index (κ1) is 20.4. The summed E-state index contributed by atoms with van der Waals surface area (Å²) in [6, 6.07) is 3.05. The molecule has 2 rings (SSSR count). The molecule has 2 amide bonds. The van der Waals surface area contributed by atoms with Crippen molar-refractivity contribution >= 4 is 40.6 Å². The van der Waals surface area contributed by atoms with E-state index in [1.54, 1.807) is 31.2 Å². The highest BCUT2D eigenvalue weighted by atomic mass is 35.5. The maximum Gasteiger partial charge on any atom is 0.294 e. The van der Waals surface area contributed by atoms with Crippen molar-refractivity contribution in [2.24, 2.45) is 0 Å². The van der Waals surface area contributed by atoms with Crippen molar-refractivity contribution in [3.05, 3.63) is 40.3 Å². The van der Waals surface area contributed by atoms with E-state index in [9.17, 15) is 9.59 Å². The van der Waals surface area contributed by atoms with Gasteiger partial charge in [-0.3, -0.25) is 14.5 Å². The molecule has 0 spiro atoms. The van der Waals surface area contributed by atoms with Gasteiger partial charge in [0.05, 0.1) is 29.2 Å². The van der Waals surface area contributed by atoms with Crippen LogP contribution in [0.2, 0.25) is 5.02 Å². The number of hydrogen-bond acceptors (Lipinski definition) is 5. The molecule has 1 fully saturated rings. The fraction of sp³-hybridized carbons (Fsp3) is 0.368. The maximum absolute atomic E-state index is 12.5. The molecule has 2 unspecified atom stereocenters. The Morgan fingerprint density at radius 2 is 2.04 bits per heavy atom. The van der Waals surface area contributed by atoms with Crippen LogP contribution < -0.4 is 9.47 Å². The second kappa shape index (κ2) is 8.64. The van der Waals surface area contributed by atoms with Gasteiger partial charge in [-0.2, -0.15) is 0 Å². The number of thioether (sulfide) groups is 1. The number of ether oxygens (including phenoxy) is 2. The molecular formula is C19H22ClNO4S. The number of nitrogens with zero attached hydrogens (tertiary/aromatic N) is 1. The smallest absolute Gasteiger partial charge is 0.294 e. The molecule has 1 aliphatic rings. The number of amides is 2. The van der Waals surface area contributed by atoms with Crippen molar-refractivity contribution in [3.63, 3.8) is 0 Å². The lowest BCUT2D eigenvalue weighted by Crippen LogP contribution is -2.35. The molecule has 1 saturated heterocycles. The molecule has 140 valence electrons. The van der Waals surface area contributed by atoms with Crippen LogP contribution in [-0.4, -0.2) is 35.3 Å². The number of halogens is 1. The third-order valence-corrected chi connectivity index (χ3v) is 5.18. The summed E-state index contributed by atoms with van der Waals surface area (Å²) in [7, 11) is 1.53. The molecule has 5 nitrogen and oxygen atoms in total. The summed E-state index contributed by atoms with van der Waals surface area (Å²) < 4.78 is 11.2. The van der Waals surface area contributed by atoms with Crippen LogP contribution in [0.1, 0.15) is 32.8 Å². The second-order valence-corrected chi connectivity index (χ2v) is 7.30. The van der Waals surface area contributed by atoms with E-state index in [0.717, 1.165) is 18.2 Å². The Balaban J connectivity index is 2.37. The van der Waals surface area contributed by atoms with Gasteiger partial charge in [-0.25, -0.2) is 0 Å². The number of methoxy groups -OCH3 is 1. The molecule has 1 aromatic carbocycles. The Kier molecular flexibility index (Phi) is 6.78. The fourth-order valence-electron chi connectivity index (χ4n) is 2.31. The van der Waals surface area contributed by atoms with Crippen molar-refractivity contribution in [2.75, 3.05) is 7.11 Å². The van der Waals surface area contributed by atoms with Crippen molar-refractivity contribution in [1.29, 1.82) is 0 Å². The van der Waals surface area contributed by atoms with Crippen molar-refractivity contribution < 1.29 is 19.1 Å². The Morgan fingerprint density at radius 3 is 2.62 bits per heavy atom. The van der Waals surface area contributed by atoms with Gasteiger partial charge in [-0.05, 0) is 55.8 Å². The van der Waals surface area contributed by atoms with Gasteiger partial charge in [0.1, 0.15) is 0 Å². The average Bonchev–Trinajstić information content (AvgIpc) is 2.89. The van der Waals surface area contributed by atoms with E-state index in [2.05, 4.69) is 6.58 Å². The molecule has 0 aromatic heterocycles. The van der Waals surface area contributed by atoms with Crippen LogP contribution in [0.25, 0.3) is 6.08 Å². The van der Waals surface area contributed by atoms with E-state index in [0.29, 0.717) is 27.0 Å². The SMILES string of the molecule is C=CC(C)N1C(=O)S/C(=C\c2cc(Cl)c(OC(C)CC)c(OC)c2)C1=O. The predicted octanol–water partition coefficient (Wildman–Crippen LogP) is 5.14. The molecule has 2 atom stereocenters. The molecule has 7 heteroatoms. The highest BCUT2D eigenvalue weighted by Crippen LogP contribution is 2.39. The molecule has 0 radical (unpaired) electrons. The van der Waals surface area contributed by atoms with Gasteiger partial charge < -0.3 is 9.47 Å². The van der Waals surface area contributed by atoms with Crippen LogP contribution in [0, 0.1) is 0 Å². The molecule has 0 N–H and O–H groups in total. The molecule has 1 aromatic rings. The molecule has 1 heterocycles. The molecule has 0 aliphatic carbocycles. The van der Waals surface area contributed by atoms with Gasteiger partial charge >= 0.3 is 0 Å². The van der Waals surface area contributed by atoms with Crippen molar-refractivity contribution in [1.82, 2.24) is 4.90 Å². The van der Waals surface area contributed by atoms with Crippen LogP contribution in [0.4, 0.5) is 4.79 Å². The van der Waals surface area contributed by atoms with E-state index in [-0.39, 0.29) is 23.3 Å². The van der Waals surface area contributed by atoms with E-state index in [4.69, 9.17) is 21.1 Å². The predicted molar refractivity (Wildman–Crippen MR) is 106 cm³/mol. The lowest BCUT2D eigenvalue weighted by molar-refractivity contribution is -0.123. The first-order chi connectivity index (χ1) is 12.3. The molecule has 1 aliphatic heterocycles. The molecule has 0 saturated carbocycles. The zero-order valence-corrected chi connectivity index (χ0v) is 16.8. The number of carbonyl (C=O) groups excluding carboxylic acids is 2. The van der Waals surface area contributed by atoms with Gasteiger partial charge in [-0.15, -0.1) is 6.58 Å². The number of imide groups is 1. The van der Waals surface area contributed by atoms with Crippen molar-refractivity contribution in [3.8, 4) is 11.5 Å². The minimum Gasteiger partial charge on any atom is -0.493 e. The Morgan fingerprint density at radius 1 is 1.35 bits per heavy atom. The largest absolute Gasteiger partial charge is 0.493 e. The van der Waals surface area contributed by atoms with Gasteiger partial charge in [0.2, 0.25) is 0 Å². The highest BCUT2D eigenvalue weighted by molar-refractivity contribution is 8.18. The summed E-state index contributed by atoms with van der Waals surface area (Å²) in [5.41, 5.74) is 0.653. The average molecular weight is 396 g/mol. The third kappa shape index (κ3) is 4.24. The normalized spacial score (nSPS) is 18.2. The van der Waals surface area contributed by atoms with Gasteiger partial charge in [0.25, 0.3) is 11.1 Å². The monoisotopic (exact) mass is 395 g/mol. The van der Waals surface area contributed by atoms with Crippen LogP contribution in [-0.2, 0) is 4.79 Å². The van der Waals surface area contributed by atoms with Crippen molar-refractivity contribution in [2.45, 2.75) is 39.3 Å². The van der Waals surface area contributed by atoms with Gasteiger partial charge in [0.15, 0.2) is 11.5 Å². The number of carbonyl (C=O) groups is 2. The van der Waals surface area contributed by atoms with E-state index >= 15 is 0 Å². The van der Waals surface area contributed by atoms with E-state index in [1.165, 1.54) is 12.0 Å². The van der Waals surface area contributed by atoms with E-state index < -0.39 is 0 Å².